The molecule has 0 aromatic heterocycles. The highest BCUT2D eigenvalue weighted by atomic mass is 35.5. The van der Waals surface area contributed by atoms with Gasteiger partial charge in [0.15, 0.2) is 11.5 Å². The second kappa shape index (κ2) is 11.6. The van der Waals surface area contributed by atoms with E-state index in [1.165, 1.54) is 0 Å². The van der Waals surface area contributed by atoms with E-state index < -0.39 is 6.04 Å². The van der Waals surface area contributed by atoms with Gasteiger partial charge in [0.25, 0.3) is 0 Å². The van der Waals surface area contributed by atoms with E-state index in [4.69, 9.17) is 15.2 Å². The Morgan fingerprint density at radius 3 is 2.36 bits per heavy atom. The van der Waals surface area contributed by atoms with Crippen LogP contribution >= 0.6 is 12.4 Å². The number of halogens is 1. The number of hydrogen-bond acceptors (Lipinski definition) is 4. The lowest BCUT2D eigenvalue weighted by molar-refractivity contribution is -0.123. The van der Waals surface area contributed by atoms with Crippen LogP contribution in [0.5, 0.6) is 11.5 Å². The van der Waals surface area contributed by atoms with Gasteiger partial charge in [0, 0.05) is 0 Å². The van der Waals surface area contributed by atoms with Gasteiger partial charge in [-0.05, 0) is 42.5 Å². The molecule has 154 valence electrons. The van der Waals surface area contributed by atoms with Crippen LogP contribution in [0.3, 0.4) is 0 Å². The van der Waals surface area contributed by atoms with Gasteiger partial charge in [0.05, 0.1) is 25.8 Å². The maximum Gasteiger partial charge on any atom is 0.237 e. The zero-order chi connectivity index (χ0) is 19.8. The highest BCUT2D eigenvalue weighted by molar-refractivity contribution is 5.85. The minimum Gasteiger partial charge on any atom is -0.493 e. The zero-order valence-corrected chi connectivity index (χ0v) is 17.8. The van der Waals surface area contributed by atoms with Crippen molar-refractivity contribution in [1.29, 1.82) is 0 Å². The van der Waals surface area contributed by atoms with Gasteiger partial charge in [-0.3, -0.25) is 4.79 Å². The first-order valence-electron chi connectivity index (χ1n) is 9.31. The minimum absolute atomic E-state index is 0. The largest absolute Gasteiger partial charge is 0.493 e. The maximum atomic E-state index is 12.4. The number of rotatable bonds is 9. The summed E-state index contributed by atoms with van der Waals surface area (Å²) in [6.07, 6.45) is 0.505. The molecule has 0 saturated carbocycles. The monoisotopic (exact) mass is 406 g/mol. The Bertz CT molecular complexity index is 738. The summed E-state index contributed by atoms with van der Waals surface area (Å²) >= 11 is 0. The Morgan fingerprint density at radius 2 is 1.75 bits per heavy atom. The summed E-state index contributed by atoms with van der Waals surface area (Å²) in [6.45, 7) is 6.74. The number of amides is 1. The lowest BCUT2D eigenvalue weighted by atomic mass is 10.0. The number of hydrogen-bond donors (Lipinski definition) is 2. The van der Waals surface area contributed by atoms with Gasteiger partial charge >= 0.3 is 0 Å². The molecule has 2 unspecified atom stereocenters. The number of nitrogens with one attached hydrogen (secondary N) is 1. The minimum atomic E-state index is -0.592. The Morgan fingerprint density at radius 1 is 1.07 bits per heavy atom. The Balaban J connectivity index is 0.00000392. The first-order chi connectivity index (χ1) is 12.9. The standard InChI is InChI=1S/C22H30N2O3.ClH/c1-15(2)14-27-20-11-10-18(13-21(20)26-4)16(3)24-22(25)19(23)12-17-8-6-5-7-9-17;/h5-11,13,15-16,19H,12,14,23H2,1-4H3,(H,24,25);1H. The fourth-order valence-corrected chi connectivity index (χ4v) is 2.69. The first-order valence-corrected chi connectivity index (χ1v) is 9.31. The van der Waals surface area contributed by atoms with E-state index in [1.54, 1.807) is 7.11 Å². The topological polar surface area (TPSA) is 73.6 Å². The number of ether oxygens (including phenoxy) is 2. The molecule has 0 aliphatic heterocycles. The third-order valence-electron chi connectivity index (χ3n) is 4.25. The molecule has 2 rings (SSSR count). The van der Waals surface area contributed by atoms with Crippen molar-refractivity contribution >= 4 is 18.3 Å². The van der Waals surface area contributed by atoms with Gasteiger partial charge in [-0.2, -0.15) is 0 Å². The molecule has 5 nitrogen and oxygen atoms in total. The lowest BCUT2D eigenvalue weighted by Gasteiger charge is -2.20. The van der Waals surface area contributed by atoms with Crippen LogP contribution in [0.2, 0.25) is 0 Å². The van der Waals surface area contributed by atoms with E-state index in [1.807, 2.05) is 55.5 Å². The summed E-state index contributed by atoms with van der Waals surface area (Å²) in [5, 5.41) is 2.98. The van der Waals surface area contributed by atoms with Gasteiger partial charge in [-0.15, -0.1) is 12.4 Å². The molecule has 2 aromatic rings. The van der Waals surface area contributed by atoms with Gasteiger partial charge in [0.2, 0.25) is 5.91 Å². The molecule has 0 radical (unpaired) electrons. The van der Waals surface area contributed by atoms with E-state index in [2.05, 4.69) is 19.2 Å². The van der Waals surface area contributed by atoms with Gasteiger partial charge in [0.1, 0.15) is 0 Å². The average molecular weight is 407 g/mol. The van der Waals surface area contributed by atoms with Crippen LogP contribution < -0.4 is 20.5 Å². The molecule has 3 N–H and O–H groups in total. The van der Waals surface area contributed by atoms with Crippen molar-refractivity contribution < 1.29 is 14.3 Å². The summed E-state index contributed by atoms with van der Waals surface area (Å²) in [7, 11) is 1.61. The number of methoxy groups -OCH3 is 1. The fourth-order valence-electron chi connectivity index (χ4n) is 2.69. The van der Waals surface area contributed by atoms with Crippen molar-refractivity contribution in [1.82, 2.24) is 5.32 Å². The van der Waals surface area contributed by atoms with Crippen molar-refractivity contribution in [2.75, 3.05) is 13.7 Å². The Kier molecular flexibility index (Phi) is 9.83. The molecule has 0 aliphatic carbocycles. The van der Waals surface area contributed by atoms with E-state index in [0.29, 0.717) is 30.4 Å². The summed E-state index contributed by atoms with van der Waals surface area (Å²) in [4.78, 5) is 12.4. The average Bonchev–Trinajstić information content (AvgIpc) is 2.66. The molecule has 2 atom stereocenters. The molecule has 0 saturated heterocycles. The normalized spacial score (nSPS) is 12.6. The quantitative estimate of drug-likeness (QED) is 0.662. The van der Waals surface area contributed by atoms with Crippen molar-refractivity contribution in [3.05, 3.63) is 59.7 Å². The third-order valence-corrected chi connectivity index (χ3v) is 4.25. The SMILES string of the molecule is COc1cc(C(C)NC(=O)C(N)Cc2ccccc2)ccc1OCC(C)C.Cl. The van der Waals surface area contributed by atoms with Crippen LogP contribution in [0.15, 0.2) is 48.5 Å². The van der Waals surface area contributed by atoms with Crippen molar-refractivity contribution in [2.45, 2.75) is 39.3 Å². The summed E-state index contributed by atoms with van der Waals surface area (Å²) in [5.74, 6) is 1.61. The number of nitrogens with two attached hydrogens (primary N) is 1. The third kappa shape index (κ3) is 7.06. The summed E-state index contributed by atoms with van der Waals surface area (Å²) in [5.41, 5.74) is 8.04. The zero-order valence-electron chi connectivity index (χ0n) is 17.0. The molecule has 1 amide bonds. The molecule has 0 aliphatic rings. The van der Waals surface area contributed by atoms with Crippen LogP contribution in [0, 0.1) is 5.92 Å². The van der Waals surface area contributed by atoms with E-state index in [-0.39, 0.29) is 24.4 Å². The Hall–Kier alpha value is -2.24. The van der Waals surface area contributed by atoms with Crippen LogP contribution in [0.25, 0.3) is 0 Å². The maximum absolute atomic E-state index is 12.4. The predicted octanol–water partition coefficient (Wildman–Crippen LogP) is 3.90. The van der Waals surface area contributed by atoms with Crippen LogP contribution in [0.1, 0.15) is 37.9 Å². The number of carbonyl (C=O) groups is 1. The molecular weight excluding hydrogens is 376 g/mol. The molecule has 0 bridgehead atoms. The number of benzene rings is 2. The molecule has 28 heavy (non-hydrogen) atoms. The lowest BCUT2D eigenvalue weighted by Crippen LogP contribution is -2.42. The molecule has 0 spiro atoms. The van der Waals surface area contributed by atoms with Gasteiger partial charge in [-0.25, -0.2) is 0 Å². The summed E-state index contributed by atoms with van der Waals surface area (Å²) < 4.78 is 11.2. The van der Waals surface area contributed by atoms with E-state index in [9.17, 15) is 4.79 Å². The van der Waals surface area contributed by atoms with Crippen LogP contribution in [0.4, 0.5) is 0 Å². The van der Waals surface area contributed by atoms with Crippen LogP contribution in [-0.4, -0.2) is 25.7 Å². The molecule has 2 aromatic carbocycles. The van der Waals surface area contributed by atoms with Crippen LogP contribution in [-0.2, 0) is 11.2 Å². The van der Waals surface area contributed by atoms with E-state index >= 15 is 0 Å². The Labute approximate surface area is 174 Å². The highest BCUT2D eigenvalue weighted by Crippen LogP contribution is 2.30. The van der Waals surface area contributed by atoms with Crippen molar-refractivity contribution in [3.63, 3.8) is 0 Å². The number of carbonyl (C=O) groups excluding carboxylic acids is 1. The predicted molar refractivity (Wildman–Crippen MR) is 115 cm³/mol. The van der Waals surface area contributed by atoms with E-state index in [0.717, 1.165) is 11.1 Å². The summed E-state index contributed by atoms with van der Waals surface area (Å²) in [6, 6.07) is 14.7. The molecule has 0 fully saturated rings. The smallest absolute Gasteiger partial charge is 0.237 e. The fraction of sp³-hybridized carbons (Fsp3) is 0.409. The first kappa shape index (κ1) is 23.8. The highest BCUT2D eigenvalue weighted by Gasteiger charge is 2.18. The molecule has 6 heteroatoms. The second-order valence-corrected chi connectivity index (χ2v) is 7.14. The van der Waals surface area contributed by atoms with Crippen molar-refractivity contribution in [3.8, 4) is 11.5 Å². The van der Waals surface area contributed by atoms with Gasteiger partial charge < -0.3 is 20.5 Å². The van der Waals surface area contributed by atoms with Gasteiger partial charge in [-0.1, -0.05) is 50.2 Å². The second-order valence-electron chi connectivity index (χ2n) is 7.14. The van der Waals surface area contributed by atoms with Crippen molar-refractivity contribution in [2.24, 2.45) is 11.7 Å². The molecular formula is C22H31ClN2O3. The molecule has 0 heterocycles.